The zero-order valence-corrected chi connectivity index (χ0v) is 12.5. The lowest BCUT2D eigenvalue weighted by Gasteiger charge is -2.07. The van der Waals surface area contributed by atoms with Gasteiger partial charge in [0.2, 0.25) is 0 Å². The summed E-state index contributed by atoms with van der Waals surface area (Å²) >= 11 is 0. The quantitative estimate of drug-likeness (QED) is 0.591. The molecule has 0 saturated heterocycles. The number of nitrogens with zero attached hydrogens (tertiary/aromatic N) is 1. The number of rotatable bonds is 6. The van der Waals surface area contributed by atoms with E-state index in [2.05, 4.69) is 42.0 Å². The standard InChI is InChI=1S/C19H21NO/c1-16-9-10-19-17(15-16)11-13-20(19)12-5-6-14-21-18-7-3-2-4-8-18/h2-4,7-11,13,15H,5-6,12,14H2,1H3. The zero-order chi connectivity index (χ0) is 14.5. The van der Waals surface area contributed by atoms with Gasteiger partial charge in [-0.15, -0.1) is 0 Å². The van der Waals surface area contributed by atoms with Crippen molar-refractivity contribution < 1.29 is 4.74 Å². The first-order chi connectivity index (χ1) is 10.3. The molecule has 0 atom stereocenters. The van der Waals surface area contributed by atoms with Gasteiger partial charge in [-0.1, -0.05) is 29.8 Å². The van der Waals surface area contributed by atoms with Gasteiger partial charge in [0.1, 0.15) is 5.75 Å². The first-order valence-corrected chi connectivity index (χ1v) is 7.56. The number of unbranched alkanes of at least 4 members (excludes halogenated alkanes) is 1. The molecule has 0 bridgehead atoms. The Morgan fingerprint density at radius 1 is 0.952 bits per heavy atom. The summed E-state index contributed by atoms with van der Waals surface area (Å²) in [7, 11) is 0. The number of hydrogen-bond acceptors (Lipinski definition) is 1. The second kappa shape index (κ2) is 6.49. The second-order valence-corrected chi connectivity index (χ2v) is 5.44. The van der Waals surface area contributed by atoms with Crippen LogP contribution in [-0.4, -0.2) is 11.2 Å². The van der Waals surface area contributed by atoms with Crippen molar-refractivity contribution in [2.45, 2.75) is 26.3 Å². The molecule has 21 heavy (non-hydrogen) atoms. The third-order valence-electron chi connectivity index (χ3n) is 3.73. The van der Waals surface area contributed by atoms with Crippen LogP contribution in [0.5, 0.6) is 5.75 Å². The van der Waals surface area contributed by atoms with Gasteiger partial charge in [-0.25, -0.2) is 0 Å². The Labute approximate surface area is 126 Å². The summed E-state index contributed by atoms with van der Waals surface area (Å²) in [4.78, 5) is 0. The predicted molar refractivity (Wildman–Crippen MR) is 87.8 cm³/mol. The molecule has 0 aliphatic rings. The monoisotopic (exact) mass is 279 g/mol. The van der Waals surface area contributed by atoms with E-state index in [0.717, 1.165) is 31.7 Å². The predicted octanol–water partition coefficient (Wildman–Crippen LogP) is 4.81. The average molecular weight is 279 g/mol. The van der Waals surface area contributed by atoms with Crippen molar-refractivity contribution in [2.24, 2.45) is 0 Å². The summed E-state index contributed by atoms with van der Waals surface area (Å²) < 4.78 is 8.05. The Morgan fingerprint density at radius 3 is 2.67 bits per heavy atom. The lowest BCUT2D eigenvalue weighted by molar-refractivity contribution is 0.303. The normalized spacial score (nSPS) is 10.9. The van der Waals surface area contributed by atoms with E-state index in [4.69, 9.17) is 4.74 Å². The van der Waals surface area contributed by atoms with E-state index >= 15 is 0 Å². The van der Waals surface area contributed by atoms with E-state index in [-0.39, 0.29) is 0 Å². The van der Waals surface area contributed by atoms with E-state index in [9.17, 15) is 0 Å². The molecule has 0 aliphatic carbocycles. The molecule has 1 heterocycles. The minimum absolute atomic E-state index is 0.780. The lowest BCUT2D eigenvalue weighted by Crippen LogP contribution is -2.01. The van der Waals surface area contributed by atoms with Crippen molar-refractivity contribution in [3.8, 4) is 5.75 Å². The molecule has 0 saturated carbocycles. The SMILES string of the molecule is Cc1ccc2c(ccn2CCCCOc2ccccc2)c1. The maximum Gasteiger partial charge on any atom is 0.119 e. The average Bonchev–Trinajstić information content (AvgIpc) is 2.90. The van der Waals surface area contributed by atoms with E-state index in [1.54, 1.807) is 0 Å². The van der Waals surface area contributed by atoms with Crippen LogP contribution in [0.3, 0.4) is 0 Å². The zero-order valence-electron chi connectivity index (χ0n) is 12.5. The molecule has 3 aromatic rings. The molecule has 0 unspecified atom stereocenters. The molecule has 0 spiro atoms. The highest BCUT2D eigenvalue weighted by molar-refractivity contribution is 5.80. The summed E-state index contributed by atoms with van der Waals surface area (Å²) in [6.07, 6.45) is 4.38. The number of benzene rings is 2. The number of aromatic nitrogens is 1. The number of hydrogen-bond donors (Lipinski definition) is 0. The van der Waals surface area contributed by atoms with Crippen LogP contribution in [0, 0.1) is 6.92 Å². The van der Waals surface area contributed by atoms with Crippen LogP contribution < -0.4 is 4.74 Å². The van der Waals surface area contributed by atoms with Crippen LogP contribution in [0.25, 0.3) is 10.9 Å². The lowest BCUT2D eigenvalue weighted by atomic mass is 10.2. The number of aryl methyl sites for hydroxylation is 2. The van der Waals surface area contributed by atoms with Crippen molar-refractivity contribution in [1.82, 2.24) is 4.57 Å². The Balaban J connectivity index is 1.48. The molecule has 1 aromatic heterocycles. The van der Waals surface area contributed by atoms with Gasteiger partial charge >= 0.3 is 0 Å². The first-order valence-electron chi connectivity index (χ1n) is 7.56. The van der Waals surface area contributed by atoms with Crippen LogP contribution in [0.15, 0.2) is 60.8 Å². The summed E-state index contributed by atoms with van der Waals surface area (Å²) in [5.41, 5.74) is 2.64. The molecule has 2 aromatic carbocycles. The maximum absolute atomic E-state index is 5.72. The highest BCUT2D eigenvalue weighted by atomic mass is 16.5. The van der Waals surface area contributed by atoms with Gasteiger partial charge in [0.25, 0.3) is 0 Å². The van der Waals surface area contributed by atoms with Crippen molar-refractivity contribution in [3.05, 3.63) is 66.4 Å². The fraction of sp³-hybridized carbons (Fsp3) is 0.263. The van der Waals surface area contributed by atoms with Gasteiger partial charge < -0.3 is 9.30 Å². The molecule has 108 valence electrons. The fourth-order valence-electron chi connectivity index (χ4n) is 2.61. The minimum Gasteiger partial charge on any atom is -0.494 e. The molecule has 2 nitrogen and oxygen atoms in total. The Bertz CT molecular complexity index is 700. The molecule has 2 heteroatoms. The van der Waals surface area contributed by atoms with E-state index in [0.29, 0.717) is 0 Å². The number of para-hydroxylation sites is 1. The van der Waals surface area contributed by atoms with Crippen molar-refractivity contribution >= 4 is 10.9 Å². The molecule has 0 N–H and O–H groups in total. The summed E-state index contributed by atoms with van der Waals surface area (Å²) in [5.74, 6) is 0.958. The third kappa shape index (κ3) is 3.46. The van der Waals surface area contributed by atoms with E-state index in [1.165, 1.54) is 16.5 Å². The fourth-order valence-corrected chi connectivity index (χ4v) is 2.61. The Kier molecular flexibility index (Phi) is 4.25. The molecular formula is C19H21NO. The van der Waals surface area contributed by atoms with Crippen LogP contribution in [0.4, 0.5) is 0 Å². The Morgan fingerprint density at radius 2 is 1.81 bits per heavy atom. The number of fused-ring (bicyclic) bond motifs is 1. The van der Waals surface area contributed by atoms with Crippen LogP contribution >= 0.6 is 0 Å². The molecule has 0 radical (unpaired) electrons. The van der Waals surface area contributed by atoms with E-state index in [1.807, 2.05) is 30.3 Å². The first kappa shape index (κ1) is 13.7. The second-order valence-electron chi connectivity index (χ2n) is 5.44. The molecule has 3 rings (SSSR count). The summed E-state index contributed by atoms with van der Waals surface area (Å²) in [6.45, 7) is 3.96. The highest BCUT2D eigenvalue weighted by Crippen LogP contribution is 2.18. The van der Waals surface area contributed by atoms with Gasteiger partial charge in [0.15, 0.2) is 0 Å². The van der Waals surface area contributed by atoms with Gasteiger partial charge in [0, 0.05) is 18.3 Å². The van der Waals surface area contributed by atoms with Crippen molar-refractivity contribution in [2.75, 3.05) is 6.61 Å². The largest absolute Gasteiger partial charge is 0.494 e. The molecule has 0 aliphatic heterocycles. The van der Waals surface area contributed by atoms with Crippen LogP contribution in [0.1, 0.15) is 18.4 Å². The van der Waals surface area contributed by atoms with Gasteiger partial charge in [-0.05, 0) is 55.5 Å². The topological polar surface area (TPSA) is 14.2 Å². The maximum atomic E-state index is 5.72. The highest BCUT2D eigenvalue weighted by Gasteiger charge is 2.01. The minimum atomic E-state index is 0.780. The van der Waals surface area contributed by atoms with E-state index < -0.39 is 0 Å². The summed E-state index contributed by atoms with van der Waals surface area (Å²) in [6, 6.07) is 18.8. The smallest absolute Gasteiger partial charge is 0.119 e. The molecule has 0 fully saturated rings. The van der Waals surface area contributed by atoms with Crippen LogP contribution in [-0.2, 0) is 6.54 Å². The Hall–Kier alpha value is -2.22. The molecular weight excluding hydrogens is 258 g/mol. The van der Waals surface area contributed by atoms with Crippen molar-refractivity contribution in [3.63, 3.8) is 0 Å². The van der Waals surface area contributed by atoms with Gasteiger partial charge in [0.05, 0.1) is 6.61 Å². The number of ether oxygens (including phenoxy) is 1. The van der Waals surface area contributed by atoms with Gasteiger partial charge in [-0.2, -0.15) is 0 Å². The van der Waals surface area contributed by atoms with Crippen LogP contribution in [0.2, 0.25) is 0 Å². The van der Waals surface area contributed by atoms with Crippen molar-refractivity contribution in [1.29, 1.82) is 0 Å². The third-order valence-corrected chi connectivity index (χ3v) is 3.73. The molecule has 0 amide bonds. The summed E-state index contributed by atoms with van der Waals surface area (Å²) in [5, 5.41) is 1.33. The van der Waals surface area contributed by atoms with Gasteiger partial charge in [-0.3, -0.25) is 0 Å².